The molecular weight excluding hydrogens is 236 g/mol. The average molecular weight is 268 g/mol. The predicted molar refractivity (Wildman–Crippen MR) is 82.1 cm³/mol. The first-order valence-corrected chi connectivity index (χ1v) is 7.78. The molecule has 2 nitrogen and oxygen atoms in total. The summed E-state index contributed by atoms with van der Waals surface area (Å²) in [4.78, 5) is 12.1. The lowest BCUT2D eigenvalue weighted by Crippen LogP contribution is -2.28. The molecule has 0 spiro atoms. The van der Waals surface area contributed by atoms with Gasteiger partial charge in [0.05, 0.1) is 5.92 Å². The maximum Gasteiger partial charge on any atom is 0.309 e. The lowest BCUT2D eigenvalue weighted by molar-refractivity contribution is -0.160. The molecule has 0 saturated carbocycles. The number of hydrogen-bond donors (Lipinski definition) is 0. The van der Waals surface area contributed by atoms with E-state index in [2.05, 4.69) is 26.0 Å². The number of carbonyl (C=O) groups excluding carboxylic acids is 1. The van der Waals surface area contributed by atoms with Crippen LogP contribution in [0.5, 0.6) is 0 Å². The van der Waals surface area contributed by atoms with Gasteiger partial charge in [0.15, 0.2) is 0 Å². The zero-order valence-corrected chi connectivity index (χ0v) is 13.5. The van der Waals surface area contributed by atoms with E-state index in [1.165, 1.54) is 0 Å². The molecule has 0 amide bonds. The fourth-order valence-corrected chi connectivity index (χ4v) is 1.98. The number of esters is 1. The Kier molecular flexibility index (Phi) is 9.63. The third-order valence-electron chi connectivity index (χ3n) is 2.97. The van der Waals surface area contributed by atoms with Gasteiger partial charge in [-0.1, -0.05) is 38.8 Å². The van der Waals surface area contributed by atoms with E-state index in [0.717, 1.165) is 44.9 Å². The number of rotatable bonds is 9. The van der Waals surface area contributed by atoms with E-state index < -0.39 is 0 Å². The van der Waals surface area contributed by atoms with Crippen molar-refractivity contribution >= 4 is 5.97 Å². The molecule has 0 N–H and O–H groups in total. The lowest BCUT2D eigenvalue weighted by Gasteiger charge is -2.24. The van der Waals surface area contributed by atoms with E-state index in [4.69, 9.17) is 4.74 Å². The van der Waals surface area contributed by atoms with Crippen molar-refractivity contribution in [3.05, 3.63) is 12.2 Å². The zero-order chi connectivity index (χ0) is 14.7. The monoisotopic (exact) mass is 268 g/mol. The Morgan fingerprint density at radius 3 is 2.26 bits per heavy atom. The topological polar surface area (TPSA) is 26.3 Å². The van der Waals surface area contributed by atoms with Crippen LogP contribution in [0.15, 0.2) is 12.2 Å². The molecule has 0 aromatic heterocycles. The maximum atomic E-state index is 12.1. The number of hydrogen-bond acceptors (Lipinski definition) is 2. The second kappa shape index (κ2) is 10.1. The fourth-order valence-electron chi connectivity index (χ4n) is 1.98. The van der Waals surface area contributed by atoms with Gasteiger partial charge in [-0.05, 0) is 52.9 Å². The Morgan fingerprint density at radius 1 is 1.11 bits per heavy atom. The fraction of sp³-hybridized carbons (Fsp3) is 0.824. The van der Waals surface area contributed by atoms with Crippen molar-refractivity contribution < 1.29 is 9.53 Å². The second-order valence-corrected chi connectivity index (χ2v) is 6.18. The largest absolute Gasteiger partial charge is 0.460 e. The van der Waals surface area contributed by atoms with Crippen molar-refractivity contribution in [1.29, 1.82) is 0 Å². The first kappa shape index (κ1) is 18.2. The van der Waals surface area contributed by atoms with Crippen LogP contribution < -0.4 is 0 Å². The number of unbranched alkanes of at least 4 members (excludes halogenated alkanes) is 2. The molecule has 0 aliphatic rings. The molecule has 0 bridgehead atoms. The zero-order valence-electron chi connectivity index (χ0n) is 13.5. The molecule has 0 saturated heterocycles. The highest BCUT2D eigenvalue weighted by Crippen LogP contribution is 2.21. The van der Waals surface area contributed by atoms with Crippen molar-refractivity contribution in [2.24, 2.45) is 5.92 Å². The Labute approximate surface area is 119 Å². The molecule has 112 valence electrons. The van der Waals surface area contributed by atoms with Crippen LogP contribution in [0.3, 0.4) is 0 Å². The molecule has 1 unspecified atom stereocenters. The summed E-state index contributed by atoms with van der Waals surface area (Å²) in [5.41, 5.74) is -0.371. The number of ether oxygens (including phenoxy) is 1. The molecule has 19 heavy (non-hydrogen) atoms. The smallest absolute Gasteiger partial charge is 0.309 e. The highest BCUT2D eigenvalue weighted by molar-refractivity contribution is 5.72. The molecule has 0 fully saturated rings. The molecule has 1 atom stereocenters. The first-order chi connectivity index (χ1) is 8.90. The highest BCUT2D eigenvalue weighted by Gasteiger charge is 2.24. The minimum atomic E-state index is -0.371. The summed E-state index contributed by atoms with van der Waals surface area (Å²) in [7, 11) is 0. The van der Waals surface area contributed by atoms with Crippen molar-refractivity contribution in [2.75, 3.05) is 0 Å². The summed E-state index contributed by atoms with van der Waals surface area (Å²) < 4.78 is 5.52. The van der Waals surface area contributed by atoms with Crippen LogP contribution in [-0.2, 0) is 9.53 Å². The Hall–Kier alpha value is -0.790. The Bertz CT molecular complexity index is 261. The minimum absolute atomic E-state index is 0.0135. The third kappa shape index (κ3) is 10.8. The van der Waals surface area contributed by atoms with Crippen molar-refractivity contribution in [2.45, 2.75) is 85.2 Å². The van der Waals surface area contributed by atoms with Crippen LogP contribution in [-0.4, -0.2) is 11.6 Å². The van der Waals surface area contributed by atoms with Crippen LogP contribution in [0.1, 0.15) is 79.6 Å². The second-order valence-electron chi connectivity index (χ2n) is 6.18. The van der Waals surface area contributed by atoms with Crippen molar-refractivity contribution in [3.63, 3.8) is 0 Å². The predicted octanol–water partition coefficient (Wildman–Crippen LogP) is 5.27. The van der Waals surface area contributed by atoms with Gasteiger partial charge in [-0.3, -0.25) is 4.79 Å². The van der Waals surface area contributed by atoms with E-state index in [-0.39, 0.29) is 17.5 Å². The summed E-state index contributed by atoms with van der Waals surface area (Å²) in [5.74, 6) is 0.0645. The Morgan fingerprint density at radius 2 is 1.74 bits per heavy atom. The standard InChI is InChI=1S/C17H32O2/c1-6-8-10-11-12-14-15(13-9-7-2)16(18)19-17(3,4)5/h8,10,15H,6-7,9,11-14H2,1-5H3/b10-8+. The lowest BCUT2D eigenvalue weighted by atomic mass is 9.95. The summed E-state index contributed by atoms with van der Waals surface area (Å²) >= 11 is 0. The summed E-state index contributed by atoms with van der Waals surface area (Å²) in [6.45, 7) is 10.1. The van der Waals surface area contributed by atoms with E-state index in [1.54, 1.807) is 0 Å². The van der Waals surface area contributed by atoms with Gasteiger partial charge in [-0.25, -0.2) is 0 Å². The van der Waals surface area contributed by atoms with Crippen LogP contribution in [0, 0.1) is 5.92 Å². The van der Waals surface area contributed by atoms with Gasteiger partial charge in [0.1, 0.15) is 5.60 Å². The molecule has 0 rings (SSSR count). The SMILES string of the molecule is CC/C=C/CCCC(CCCC)C(=O)OC(C)(C)C. The molecule has 0 aliphatic carbocycles. The van der Waals surface area contributed by atoms with E-state index in [9.17, 15) is 4.79 Å². The molecule has 0 heterocycles. The summed E-state index contributed by atoms with van der Waals surface area (Å²) in [6.07, 6.45) is 11.8. The van der Waals surface area contributed by atoms with Crippen LogP contribution in [0.4, 0.5) is 0 Å². The molecule has 0 radical (unpaired) electrons. The number of allylic oxidation sites excluding steroid dienone is 2. The van der Waals surface area contributed by atoms with Gasteiger partial charge in [-0.15, -0.1) is 0 Å². The minimum Gasteiger partial charge on any atom is -0.460 e. The average Bonchev–Trinajstić information content (AvgIpc) is 2.30. The Balaban J connectivity index is 4.21. The number of carbonyl (C=O) groups is 1. The maximum absolute atomic E-state index is 12.1. The van der Waals surface area contributed by atoms with Crippen LogP contribution in [0.2, 0.25) is 0 Å². The quantitative estimate of drug-likeness (QED) is 0.323. The summed E-state index contributed by atoms with van der Waals surface area (Å²) in [6, 6.07) is 0. The van der Waals surface area contributed by atoms with Gasteiger partial charge in [0.25, 0.3) is 0 Å². The van der Waals surface area contributed by atoms with E-state index >= 15 is 0 Å². The normalized spacial score (nSPS) is 13.7. The molecular formula is C17H32O2. The highest BCUT2D eigenvalue weighted by atomic mass is 16.6. The van der Waals surface area contributed by atoms with Crippen LogP contribution >= 0.6 is 0 Å². The van der Waals surface area contributed by atoms with Gasteiger partial charge >= 0.3 is 5.97 Å². The van der Waals surface area contributed by atoms with Gasteiger partial charge < -0.3 is 4.74 Å². The molecule has 0 aliphatic heterocycles. The third-order valence-corrected chi connectivity index (χ3v) is 2.97. The van der Waals surface area contributed by atoms with Gasteiger partial charge in [0, 0.05) is 0 Å². The molecule has 0 aromatic carbocycles. The van der Waals surface area contributed by atoms with E-state index in [0.29, 0.717) is 0 Å². The first-order valence-electron chi connectivity index (χ1n) is 7.78. The van der Waals surface area contributed by atoms with Gasteiger partial charge in [-0.2, -0.15) is 0 Å². The van der Waals surface area contributed by atoms with Crippen LogP contribution in [0.25, 0.3) is 0 Å². The van der Waals surface area contributed by atoms with Gasteiger partial charge in [0.2, 0.25) is 0 Å². The van der Waals surface area contributed by atoms with Crippen molar-refractivity contribution in [3.8, 4) is 0 Å². The molecule has 0 aromatic rings. The van der Waals surface area contributed by atoms with Crippen molar-refractivity contribution in [1.82, 2.24) is 0 Å². The summed E-state index contributed by atoms with van der Waals surface area (Å²) in [5, 5.41) is 0. The van der Waals surface area contributed by atoms with E-state index in [1.807, 2.05) is 20.8 Å². The molecule has 2 heteroatoms.